The van der Waals surface area contributed by atoms with Crippen LogP contribution in [0.15, 0.2) is 12.7 Å². The fourth-order valence-electron chi connectivity index (χ4n) is 1.26. The second kappa shape index (κ2) is 3.02. The summed E-state index contributed by atoms with van der Waals surface area (Å²) in [5, 5.41) is 0. The molecule has 0 saturated carbocycles. The van der Waals surface area contributed by atoms with Crippen molar-refractivity contribution in [2.75, 3.05) is 6.61 Å². The van der Waals surface area contributed by atoms with E-state index in [4.69, 9.17) is 4.74 Å². The van der Waals surface area contributed by atoms with E-state index < -0.39 is 0 Å². The van der Waals surface area contributed by atoms with Crippen molar-refractivity contribution in [3.63, 3.8) is 0 Å². The summed E-state index contributed by atoms with van der Waals surface area (Å²) < 4.78 is 5.41. The minimum absolute atomic E-state index is 0.399. The minimum atomic E-state index is 0.399. The van der Waals surface area contributed by atoms with Crippen LogP contribution in [0.2, 0.25) is 0 Å². The molecule has 2 atom stereocenters. The van der Waals surface area contributed by atoms with Crippen LogP contribution in [0.25, 0.3) is 0 Å². The van der Waals surface area contributed by atoms with Crippen molar-refractivity contribution >= 4 is 0 Å². The first-order valence-electron chi connectivity index (χ1n) is 3.58. The molecule has 1 aliphatic rings. The van der Waals surface area contributed by atoms with Gasteiger partial charge in [-0.05, 0) is 19.8 Å². The van der Waals surface area contributed by atoms with Crippen molar-refractivity contribution in [3.8, 4) is 0 Å². The maximum Gasteiger partial charge on any atom is 0.0609 e. The standard InChI is InChI=1S/C8H14O/c1-3-8-5-4-6-9-7(8)2/h3,7-8H,1,4-6H2,2H3/t7-,8-/m1/s1. The second-order valence-corrected chi connectivity index (χ2v) is 2.62. The number of hydrogen-bond acceptors (Lipinski definition) is 1. The first kappa shape index (κ1) is 6.81. The average Bonchev–Trinajstić information content (AvgIpc) is 1.89. The third-order valence-corrected chi connectivity index (χ3v) is 1.97. The van der Waals surface area contributed by atoms with Gasteiger partial charge in [-0.1, -0.05) is 6.08 Å². The molecule has 0 unspecified atom stereocenters. The molecule has 0 spiro atoms. The zero-order valence-corrected chi connectivity index (χ0v) is 5.97. The van der Waals surface area contributed by atoms with Crippen LogP contribution < -0.4 is 0 Å². The van der Waals surface area contributed by atoms with E-state index >= 15 is 0 Å². The van der Waals surface area contributed by atoms with E-state index in [-0.39, 0.29) is 0 Å². The molecule has 0 bridgehead atoms. The van der Waals surface area contributed by atoms with Crippen LogP contribution in [0.5, 0.6) is 0 Å². The van der Waals surface area contributed by atoms with Crippen molar-refractivity contribution in [2.45, 2.75) is 25.9 Å². The van der Waals surface area contributed by atoms with E-state index in [1.165, 1.54) is 12.8 Å². The number of ether oxygens (including phenoxy) is 1. The van der Waals surface area contributed by atoms with Crippen molar-refractivity contribution in [3.05, 3.63) is 12.7 Å². The monoisotopic (exact) mass is 126 g/mol. The fourth-order valence-corrected chi connectivity index (χ4v) is 1.26. The van der Waals surface area contributed by atoms with E-state index in [9.17, 15) is 0 Å². The van der Waals surface area contributed by atoms with Gasteiger partial charge in [-0.2, -0.15) is 0 Å². The summed E-state index contributed by atoms with van der Waals surface area (Å²) >= 11 is 0. The molecule has 0 N–H and O–H groups in total. The van der Waals surface area contributed by atoms with Crippen LogP contribution in [-0.4, -0.2) is 12.7 Å². The molecule has 1 heterocycles. The van der Waals surface area contributed by atoms with Crippen LogP contribution >= 0.6 is 0 Å². The Balaban J connectivity index is 2.38. The molecule has 1 nitrogen and oxygen atoms in total. The highest BCUT2D eigenvalue weighted by Gasteiger charge is 2.17. The number of rotatable bonds is 1. The molecular formula is C8H14O. The van der Waals surface area contributed by atoms with Gasteiger partial charge in [0.25, 0.3) is 0 Å². The van der Waals surface area contributed by atoms with Gasteiger partial charge in [0.05, 0.1) is 6.10 Å². The summed E-state index contributed by atoms with van der Waals surface area (Å²) in [4.78, 5) is 0. The summed E-state index contributed by atoms with van der Waals surface area (Å²) in [6, 6.07) is 0. The molecule has 0 aromatic rings. The number of hydrogen-bond donors (Lipinski definition) is 0. The quantitative estimate of drug-likeness (QED) is 0.488. The molecule has 1 fully saturated rings. The molecule has 1 aliphatic heterocycles. The Kier molecular flexibility index (Phi) is 2.29. The van der Waals surface area contributed by atoms with Gasteiger partial charge in [0.1, 0.15) is 0 Å². The maximum absolute atomic E-state index is 5.41. The molecule has 1 rings (SSSR count). The Labute approximate surface area is 56.7 Å². The molecule has 0 aromatic carbocycles. The average molecular weight is 126 g/mol. The van der Waals surface area contributed by atoms with E-state index in [0.29, 0.717) is 12.0 Å². The van der Waals surface area contributed by atoms with E-state index in [2.05, 4.69) is 13.5 Å². The SMILES string of the molecule is C=C[C@@H]1CCCO[C@@H]1C. The van der Waals surface area contributed by atoms with Gasteiger partial charge in [-0.3, -0.25) is 0 Å². The lowest BCUT2D eigenvalue weighted by atomic mass is 9.96. The Morgan fingerprint density at radius 3 is 2.89 bits per heavy atom. The van der Waals surface area contributed by atoms with Gasteiger partial charge < -0.3 is 4.74 Å². The molecule has 0 radical (unpaired) electrons. The maximum atomic E-state index is 5.41. The molecule has 1 saturated heterocycles. The fraction of sp³-hybridized carbons (Fsp3) is 0.750. The van der Waals surface area contributed by atoms with Gasteiger partial charge in [-0.25, -0.2) is 0 Å². The van der Waals surface area contributed by atoms with Gasteiger partial charge in [0.15, 0.2) is 0 Å². The highest BCUT2D eigenvalue weighted by molar-refractivity contribution is 4.85. The third kappa shape index (κ3) is 1.55. The van der Waals surface area contributed by atoms with Crippen molar-refractivity contribution in [1.82, 2.24) is 0 Å². The van der Waals surface area contributed by atoms with Crippen molar-refractivity contribution in [1.29, 1.82) is 0 Å². The summed E-state index contributed by atoms with van der Waals surface area (Å²) in [5.41, 5.74) is 0. The van der Waals surface area contributed by atoms with Gasteiger partial charge in [-0.15, -0.1) is 6.58 Å². The Morgan fingerprint density at radius 1 is 1.67 bits per heavy atom. The minimum Gasteiger partial charge on any atom is -0.378 e. The van der Waals surface area contributed by atoms with Crippen molar-refractivity contribution < 1.29 is 4.74 Å². The highest BCUT2D eigenvalue weighted by atomic mass is 16.5. The Morgan fingerprint density at radius 2 is 2.44 bits per heavy atom. The zero-order valence-electron chi connectivity index (χ0n) is 5.97. The van der Waals surface area contributed by atoms with Crippen LogP contribution in [0.1, 0.15) is 19.8 Å². The lowest BCUT2D eigenvalue weighted by Gasteiger charge is -2.26. The highest BCUT2D eigenvalue weighted by Crippen LogP contribution is 2.20. The third-order valence-electron chi connectivity index (χ3n) is 1.97. The Bertz CT molecular complexity index is 98.7. The zero-order chi connectivity index (χ0) is 6.69. The molecule has 1 heteroatoms. The smallest absolute Gasteiger partial charge is 0.0609 e. The molecule has 52 valence electrons. The normalized spacial score (nSPS) is 36.1. The summed E-state index contributed by atoms with van der Waals surface area (Å²) in [5.74, 6) is 0.596. The lowest BCUT2D eigenvalue weighted by molar-refractivity contribution is 0.00160. The van der Waals surface area contributed by atoms with E-state index in [1.54, 1.807) is 0 Å². The van der Waals surface area contributed by atoms with Crippen LogP contribution in [0.3, 0.4) is 0 Å². The summed E-state index contributed by atoms with van der Waals surface area (Å²) in [6.07, 6.45) is 4.85. The Hall–Kier alpha value is -0.300. The molecule has 9 heavy (non-hydrogen) atoms. The van der Waals surface area contributed by atoms with Crippen LogP contribution in [0, 0.1) is 5.92 Å². The van der Waals surface area contributed by atoms with E-state index in [1.807, 2.05) is 6.08 Å². The largest absolute Gasteiger partial charge is 0.378 e. The summed E-state index contributed by atoms with van der Waals surface area (Å²) in [7, 11) is 0. The van der Waals surface area contributed by atoms with Crippen LogP contribution in [-0.2, 0) is 4.74 Å². The second-order valence-electron chi connectivity index (χ2n) is 2.62. The summed E-state index contributed by atoms with van der Waals surface area (Å²) in [6.45, 7) is 6.81. The molecule has 0 aliphatic carbocycles. The topological polar surface area (TPSA) is 9.23 Å². The predicted molar refractivity (Wildman–Crippen MR) is 38.3 cm³/mol. The molecule has 0 aromatic heterocycles. The van der Waals surface area contributed by atoms with Gasteiger partial charge >= 0.3 is 0 Å². The van der Waals surface area contributed by atoms with Crippen LogP contribution in [0.4, 0.5) is 0 Å². The van der Waals surface area contributed by atoms with E-state index in [0.717, 1.165) is 6.61 Å². The van der Waals surface area contributed by atoms with Crippen molar-refractivity contribution in [2.24, 2.45) is 5.92 Å². The first-order valence-corrected chi connectivity index (χ1v) is 3.58. The first-order chi connectivity index (χ1) is 4.34. The van der Waals surface area contributed by atoms with Gasteiger partial charge in [0.2, 0.25) is 0 Å². The molecule has 0 amide bonds. The van der Waals surface area contributed by atoms with Gasteiger partial charge in [0, 0.05) is 12.5 Å². The molecular weight excluding hydrogens is 112 g/mol. The predicted octanol–water partition coefficient (Wildman–Crippen LogP) is 1.99. The lowest BCUT2D eigenvalue weighted by Crippen LogP contribution is -2.24.